The highest BCUT2D eigenvalue weighted by Crippen LogP contribution is 2.24. The first-order valence-corrected chi connectivity index (χ1v) is 9.02. The van der Waals surface area contributed by atoms with Gasteiger partial charge in [0, 0.05) is 30.1 Å². The minimum Gasteiger partial charge on any atom is -0.329 e. The maximum Gasteiger partial charge on any atom is 0.0271 e. The van der Waals surface area contributed by atoms with E-state index in [0.29, 0.717) is 24.5 Å². The summed E-state index contributed by atoms with van der Waals surface area (Å²) in [6, 6.07) is 9.59. The van der Waals surface area contributed by atoms with E-state index in [1.165, 1.54) is 10.5 Å². The summed E-state index contributed by atoms with van der Waals surface area (Å²) in [5.41, 5.74) is 7.37. The van der Waals surface area contributed by atoms with Gasteiger partial charge in [0.25, 0.3) is 0 Å². The van der Waals surface area contributed by atoms with Crippen LogP contribution in [0.15, 0.2) is 29.2 Å². The Morgan fingerprint density at radius 3 is 2.14 bits per heavy atom. The van der Waals surface area contributed by atoms with Crippen LogP contribution in [-0.2, 0) is 5.41 Å². The molecule has 22 heavy (non-hydrogen) atoms. The average molecular weight is 324 g/mol. The van der Waals surface area contributed by atoms with E-state index in [1.807, 2.05) is 0 Å². The highest BCUT2D eigenvalue weighted by Gasteiger charge is 2.14. The molecule has 4 heteroatoms. The third-order valence-corrected chi connectivity index (χ3v) is 4.87. The molecule has 1 rings (SSSR count). The van der Waals surface area contributed by atoms with Crippen LogP contribution in [0.25, 0.3) is 0 Å². The van der Waals surface area contributed by atoms with Gasteiger partial charge in [0.2, 0.25) is 0 Å². The van der Waals surface area contributed by atoms with Gasteiger partial charge in [-0.15, -0.1) is 0 Å². The molecule has 3 nitrogen and oxygen atoms in total. The van der Waals surface area contributed by atoms with Gasteiger partial charge in [-0.05, 0) is 47.9 Å². The number of benzene rings is 1. The van der Waals surface area contributed by atoms with Crippen molar-refractivity contribution in [2.24, 2.45) is 11.7 Å². The molecular weight excluding hydrogens is 290 g/mol. The number of rotatable bonds is 8. The van der Waals surface area contributed by atoms with Crippen molar-refractivity contribution in [2.75, 3.05) is 13.1 Å². The van der Waals surface area contributed by atoms with Crippen LogP contribution in [0.5, 0.6) is 0 Å². The zero-order chi connectivity index (χ0) is 16.8. The van der Waals surface area contributed by atoms with Crippen molar-refractivity contribution in [3.05, 3.63) is 29.8 Å². The molecule has 0 unspecified atom stereocenters. The summed E-state index contributed by atoms with van der Waals surface area (Å²) >= 11 is 1.69. The second kappa shape index (κ2) is 8.92. The van der Waals surface area contributed by atoms with Crippen molar-refractivity contribution in [3.63, 3.8) is 0 Å². The molecule has 0 radical (unpaired) electrons. The maximum atomic E-state index is 5.79. The SMILES string of the molecule is CC(C)[C@@H](CN)NC[C@H](C)NSc1ccc(C(C)(C)C)cc1. The van der Waals surface area contributed by atoms with Crippen molar-refractivity contribution >= 4 is 11.9 Å². The van der Waals surface area contributed by atoms with E-state index in [1.54, 1.807) is 11.9 Å². The molecule has 0 aliphatic carbocycles. The van der Waals surface area contributed by atoms with Crippen LogP contribution in [0.1, 0.15) is 47.1 Å². The van der Waals surface area contributed by atoms with Gasteiger partial charge in [0.15, 0.2) is 0 Å². The van der Waals surface area contributed by atoms with E-state index in [0.717, 1.165) is 6.54 Å². The smallest absolute Gasteiger partial charge is 0.0271 e. The molecule has 0 saturated heterocycles. The van der Waals surface area contributed by atoms with Crippen LogP contribution < -0.4 is 15.8 Å². The minimum atomic E-state index is 0.210. The van der Waals surface area contributed by atoms with Crippen molar-refractivity contribution in [1.82, 2.24) is 10.0 Å². The standard InChI is InChI=1S/C18H33N3S/c1-13(2)17(11-19)20-12-14(3)21-22-16-9-7-15(8-10-16)18(4,5)6/h7-10,13-14,17,20-21H,11-12,19H2,1-6H3/t14-,17+/m0/s1. The lowest BCUT2D eigenvalue weighted by molar-refractivity contribution is 0.393. The lowest BCUT2D eigenvalue weighted by Gasteiger charge is -2.23. The molecule has 0 heterocycles. The second-order valence-corrected chi connectivity index (χ2v) is 8.30. The molecule has 0 aromatic heterocycles. The van der Waals surface area contributed by atoms with Crippen molar-refractivity contribution < 1.29 is 0 Å². The summed E-state index contributed by atoms with van der Waals surface area (Å²) in [6.07, 6.45) is 0. The predicted octanol–water partition coefficient (Wildman–Crippen LogP) is 3.54. The van der Waals surface area contributed by atoms with Gasteiger partial charge >= 0.3 is 0 Å². The largest absolute Gasteiger partial charge is 0.329 e. The Balaban J connectivity index is 2.39. The van der Waals surface area contributed by atoms with Gasteiger partial charge in [-0.3, -0.25) is 4.72 Å². The van der Waals surface area contributed by atoms with E-state index in [4.69, 9.17) is 5.73 Å². The first-order chi connectivity index (χ1) is 10.2. The molecule has 0 aliphatic heterocycles. The Labute approximate surface area is 141 Å². The fourth-order valence-corrected chi connectivity index (χ4v) is 2.85. The van der Waals surface area contributed by atoms with E-state index in [-0.39, 0.29) is 5.41 Å². The Morgan fingerprint density at radius 2 is 1.68 bits per heavy atom. The van der Waals surface area contributed by atoms with Gasteiger partial charge in [-0.1, -0.05) is 46.8 Å². The summed E-state index contributed by atoms with van der Waals surface area (Å²) in [6.45, 7) is 14.9. The molecule has 2 atom stereocenters. The molecule has 4 N–H and O–H groups in total. The summed E-state index contributed by atoms with van der Waals surface area (Å²) in [4.78, 5) is 1.25. The molecule has 0 saturated carbocycles. The highest BCUT2D eigenvalue weighted by molar-refractivity contribution is 7.97. The average Bonchev–Trinajstić information content (AvgIpc) is 2.45. The fourth-order valence-electron chi connectivity index (χ4n) is 2.15. The van der Waals surface area contributed by atoms with Crippen molar-refractivity contribution in [1.29, 1.82) is 0 Å². The molecule has 1 aromatic rings. The Bertz CT molecular complexity index is 423. The van der Waals surface area contributed by atoms with Crippen LogP contribution in [0.2, 0.25) is 0 Å². The van der Waals surface area contributed by atoms with Gasteiger partial charge in [0.1, 0.15) is 0 Å². The van der Waals surface area contributed by atoms with Crippen LogP contribution in [0.3, 0.4) is 0 Å². The molecule has 0 bridgehead atoms. The van der Waals surface area contributed by atoms with Gasteiger partial charge in [-0.2, -0.15) is 0 Å². The van der Waals surface area contributed by atoms with Crippen LogP contribution in [0.4, 0.5) is 0 Å². The fraction of sp³-hybridized carbons (Fsp3) is 0.667. The van der Waals surface area contributed by atoms with Gasteiger partial charge in [-0.25, -0.2) is 0 Å². The summed E-state index contributed by atoms with van der Waals surface area (Å²) in [7, 11) is 0. The third kappa shape index (κ3) is 6.69. The maximum absolute atomic E-state index is 5.79. The second-order valence-electron chi connectivity index (χ2n) is 7.39. The first-order valence-electron chi connectivity index (χ1n) is 8.20. The van der Waals surface area contributed by atoms with Crippen LogP contribution in [-0.4, -0.2) is 25.2 Å². The molecule has 0 fully saturated rings. The van der Waals surface area contributed by atoms with Crippen LogP contribution >= 0.6 is 11.9 Å². The van der Waals surface area contributed by atoms with E-state index < -0.39 is 0 Å². The zero-order valence-electron chi connectivity index (χ0n) is 14.9. The van der Waals surface area contributed by atoms with Crippen molar-refractivity contribution in [2.45, 2.75) is 63.9 Å². The summed E-state index contributed by atoms with van der Waals surface area (Å²) in [5.74, 6) is 0.565. The lowest BCUT2D eigenvalue weighted by atomic mass is 9.87. The third-order valence-electron chi connectivity index (χ3n) is 3.84. The topological polar surface area (TPSA) is 50.1 Å². The van der Waals surface area contributed by atoms with E-state index >= 15 is 0 Å². The van der Waals surface area contributed by atoms with Gasteiger partial charge in [0.05, 0.1) is 0 Å². The van der Waals surface area contributed by atoms with E-state index in [2.05, 4.69) is 75.8 Å². The van der Waals surface area contributed by atoms with E-state index in [9.17, 15) is 0 Å². The summed E-state index contributed by atoms with van der Waals surface area (Å²) in [5, 5.41) is 3.53. The Morgan fingerprint density at radius 1 is 1.09 bits per heavy atom. The normalized spacial score (nSPS) is 15.1. The zero-order valence-corrected chi connectivity index (χ0v) is 15.8. The molecule has 0 amide bonds. The summed E-state index contributed by atoms with van der Waals surface area (Å²) < 4.78 is 3.49. The molecule has 126 valence electrons. The molecular formula is C18H33N3S. The Kier molecular flexibility index (Phi) is 7.90. The highest BCUT2D eigenvalue weighted by atomic mass is 32.2. The molecule has 0 spiro atoms. The number of hydrogen-bond acceptors (Lipinski definition) is 4. The van der Waals surface area contributed by atoms with Crippen LogP contribution in [0, 0.1) is 5.92 Å². The predicted molar refractivity (Wildman–Crippen MR) is 99.3 cm³/mol. The number of nitrogens with two attached hydrogens (primary N) is 1. The molecule has 1 aromatic carbocycles. The Hall–Kier alpha value is -0.550. The number of hydrogen-bond donors (Lipinski definition) is 3. The lowest BCUT2D eigenvalue weighted by Crippen LogP contribution is -2.45. The van der Waals surface area contributed by atoms with Crippen molar-refractivity contribution in [3.8, 4) is 0 Å². The molecule has 0 aliphatic rings. The minimum absolute atomic E-state index is 0.210. The monoisotopic (exact) mass is 323 g/mol. The van der Waals surface area contributed by atoms with Gasteiger partial charge < -0.3 is 11.1 Å². The number of nitrogens with one attached hydrogen (secondary N) is 2. The quantitative estimate of drug-likeness (QED) is 0.641. The first kappa shape index (κ1) is 19.5.